The molecule has 3 N–H and O–H groups in total. The van der Waals surface area contributed by atoms with Crippen molar-refractivity contribution in [3.63, 3.8) is 0 Å². The normalized spacial score (nSPS) is 14.6. The zero-order chi connectivity index (χ0) is 23.8. The number of alkyl carbamates (subject to hydrolysis) is 1. The predicted octanol–water partition coefficient (Wildman–Crippen LogP) is 2.73. The summed E-state index contributed by atoms with van der Waals surface area (Å²) in [5, 5.41) is 2.41. The van der Waals surface area contributed by atoms with Crippen molar-refractivity contribution < 1.29 is 14.3 Å². The van der Waals surface area contributed by atoms with Crippen LogP contribution in [0.1, 0.15) is 12.7 Å². The minimum absolute atomic E-state index is 0.0702. The number of nitrogens with two attached hydrogens (primary N) is 1. The number of amides is 1. The van der Waals surface area contributed by atoms with Gasteiger partial charge < -0.3 is 15.2 Å². The first-order valence-electron chi connectivity index (χ1n) is 11.1. The van der Waals surface area contributed by atoms with E-state index in [9.17, 15) is 4.79 Å². The van der Waals surface area contributed by atoms with Crippen LogP contribution >= 0.6 is 0 Å². The number of morpholine rings is 1. The van der Waals surface area contributed by atoms with Crippen LogP contribution < -0.4 is 11.1 Å². The molecule has 176 valence electrons. The summed E-state index contributed by atoms with van der Waals surface area (Å²) < 4.78 is 10.2. The van der Waals surface area contributed by atoms with Gasteiger partial charge in [-0.1, -0.05) is 12.1 Å². The number of pyridine rings is 1. The summed E-state index contributed by atoms with van der Waals surface area (Å²) in [6.07, 6.45) is 4.69. The van der Waals surface area contributed by atoms with E-state index in [4.69, 9.17) is 15.2 Å². The van der Waals surface area contributed by atoms with Crippen LogP contribution in [0.3, 0.4) is 0 Å². The summed E-state index contributed by atoms with van der Waals surface area (Å²) in [6.45, 7) is 5.89. The summed E-state index contributed by atoms with van der Waals surface area (Å²) in [5.41, 5.74) is 9.73. The van der Waals surface area contributed by atoms with E-state index in [1.54, 1.807) is 13.1 Å². The fourth-order valence-electron chi connectivity index (χ4n) is 3.51. The highest BCUT2D eigenvalue weighted by Gasteiger charge is 2.14. The lowest BCUT2D eigenvalue weighted by atomic mass is 10.0. The largest absolute Gasteiger partial charge is 0.450 e. The van der Waals surface area contributed by atoms with Crippen molar-refractivity contribution in [2.75, 3.05) is 32.9 Å². The molecule has 1 saturated heterocycles. The number of aliphatic imine (C=N–C) groups is 1. The third-order valence-corrected chi connectivity index (χ3v) is 5.19. The van der Waals surface area contributed by atoms with Crippen molar-refractivity contribution in [3.05, 3.63) is 60.8 Å². The third kappa shape index (κ3) is 6.12. The Morgan fingerprint density at radius 2 is 1.94 bits per heavy atom. The molecule has 4 rings (SSSR count). The third-order valence-electron chi connectivity index (χ3n) is 5.19. The maximum atomic E-state index is 11.7. The molecule has 10 nitrogen and oxygen atoms in total. The van der Waals surface area contributed by atoms with E-state index < -0.39 is 6.09 Å². The van der Waals surface area contributed by atoms with E-state index >= 15 is 0 Å². The highest BCUT2D eigenvalue weighted by molar-refractivity contribution is 5.95. The quantitative estimate of drug-likeness (QED) is 0.424. The number of hydrogen-bond acceptors (Lipinski definition) is 8. The molecule has 0 saturated carbocycles. The zero-order valence-electron chi connectivity index (χ0n) is 19.0. The lowest BCUT2D eigenvalue weighted by Crippen LogP contribution is -2.36. The molecule has 3 heterocycles. The summed E-state index contributed by atoms with van der Waals surface area (Å²) in [5.74, 6) is 0.703. The fraction of sp³-hybridized carbons (Fsp3) is 0.292. The van der Waals surface area contributed by atoms with Gasteiger partial charge in [-0.05, 0) is 36.8 Å². The number of benzene rings is 1. The topological polar surface area (TPSA) is 128 Å². The maximum Gasteiger partial charge on any atom is 0.413 e. The van der Waals surface area contributed by atoms with E-state index in [-0.39, 0.29) is 12.6 Å². The van der Waals surface area contributed by atoms with Crippen molar-refractivity contribution in [2.45, 2.75) is 13.5 Å². The van der Waals surface area contributed by atoms with Crippen molar-refractivity contribution in [1.82, 2.24) is 25.2 Å². The Labute approximate surface area is 197 Å². The van der Waals surface area contributed by atoms with E-state index in [2.05, 4.69) is 30.2 Å². The molecule has 0 unspecified atom stereocenters. The van der Waals surface area contributed by atoms with E-state index in [1.165, 1.54) is 0 Å². The molecule has 1 amide bonds. The molecule has 0 spiro atoms. The van der Waals surface area contributed by atoms with E-state index in [0.717, 1.165) is 54.5 Å². The van der Waals surface area contributed by atoms with Gasteiger partial charge in [-0.2, -0.15) is 0 Å². The van der Waals surface area contributed by atoms with Crippen LogP contribution in [0.5, 0.6) is 0 Å². The number of carbonyl (C=O) groups excluding carboxylic acids is 1. The first kappa shape index (κ1) is 23.3. The van der Waals surface area contributed by atoms with Crippen LogP contribution in [-0.4, -0.2) is 64.8 Å². The van der Waals surface area contributed by atoms with E-state index in [0.29, 0.717) is 12.2 Å². The molecule has 0 aliphatic carbocycles. The number of nitrogens with one attached hydrogen (secondary N) is 1. The van der Waals surface area contributed by atoms with Gasteiger partial charge in [-0.15, -0.1) is 0 Å². The average Bonchev–Trinajstić information content (AvgIpc) is 2.86. The minimum Gasteiger partial charge on any atom is -0.450 e. The van der Waals surface area contributed by atoms with Gasteiger partial charge in [0.2, 0.25) is 5.96 Å². The predicted molar refractivity (Wildman–Crippen MR) is 128 cm³/mol. The van der Waals surface area contributed by atoms with Gasteiger partial charge in [0, 0.05) is 42.8 Å². The van der Waals surface area contributed by atoms with Crippen LogP contribution in [0.2, 0.25) is 0 Å². The Morgan fingerprint density at radius 1 is 1.15 bits per heavy atom. The van der Waals surface area contributed by atoms with Crippen LogP contribution in [0.4, 0.5) is 10.5 Å². The van der Waals surface area contributed by atoms with Gasteiger partial charge in [0.05, 0.1) is 37.7 Å². The molecule has 1 aliphatic heterocycles. The molecule has 3 aromatic rings. The lowest BCUT2D eigenvalue weighted by Gasteiger charge is -2.25. The lowest BCUT2D eigenvalue weighted by molar-refractivity contribution is 0.0330. The van der Waals surface area contributed by atoms with Gasteiger partial charge in [0.1, 0.15) is 5.82 Å². The minimum atomic E-state index is -0.658. The average molecular weight is 462 g/mol. The number of hydrogen-bond donors (Lipinski definition) is 2. The smallest absolute Gasteiger partial charge is 0.413 e. The van der Waals surface area contributed by atoms with Gasteiger partial charge in [0.15, 0.2) is 0 Å². The molecule has 34 heavy (non-hydrogen) atoms. The molecule has 10 heteroatoms. The Morgan fingerprint density at radius 3 is 2.65 bits per heavy atom. The number of carbonyl (C=O) groups is 1. The molecule has 0 radical (unpaired) electrons. The second kappa shape index (κ2) is 11.3. The van der Waals surface area contributed by atoms with Gasteiger partial charge in [-0.3, -0.25) is 15.2 Å². The number of nitrogens with zero attached hydrogens (tertiary/aromatic N) is 5. The summed E-state index contributed by atoms with van der Waals surface area (Å²) in [7, 11) is 0. The second-order valence-corrected chi connectivity index (χ2v) is 7.57. The van der Waals surface area contributed by atoms with Crippen molar-refractivity contribution in [2.24, 2.45) is 10.7 Å². The summed E-state index contributed by atoms with van der Waals surface area (Å²) in [4.78, 5) is 31.9. The van der Waals surface area contributed by atoms with Crippen molar-refractivity contribution in [3.8, 4) is 22.4 Å². The Kier molecular flexibility index (Phi) is 7.74. The molecular weight excluding hydrogens is 434 g/mol. The Hall–Kier alpha value is -3.89. The van der Waals surface area contributed by atoms with Crippen molar-refractivity contribution >= 4 is 17.7 Å². The van der Waals surface area contributed by atoms with Crippen LogP contribution in [0, 0.1) is 0 Å². The van der Waals surface area contributed by atoms with Crippen LogP contribution in [0.25, 0.3) is 22.4 Å². The van der Waals surface area contributed by atoms with E-state index in [1.807, 2.05) is 48.8 Å². The molecule has 0 atom stereocenters. The van der Waals surface area contributed by atoms with Crippen molar-refractivity contribution in [1.29, 1.82) is 0 Å². The van der Waals surface area contributed by atoms with Crippen LogP contribution in [-0.2, 0) is 16.0 Å². The fourth-order valence-corrected chi connectivity index (χ4v) is 3.51. The Bertz CT molecular complexity index is 1130. The second-order valence-electron chi connectivity index (χ2n) is 7.57. The maximum absolute atomic E-state index is 11.7. The van der Waals surface area contributed by atoms with Gasteiger partial charge in [-0.25, -0.2) is 19.8 Å². The first-order chi connectivity index (χ1) is 16.6. The SMILES string of the molecule is CCOC(=O)NC(N)=Nc1ccc(-c2cnc(CN3CCOCC3)nc2)cc1-c1ccccn1. The summed E-state index contributed by atoms with van der Waals surface area (Å²) in [6, 6.07) is 11.3. The highest BCUT2D eigenvalue weighted by atomic mass is 16.5. The molecular formula is C24H27N7O3. The Balaban J connectivity index is 1.60. The van der Waals surface area contributed by atoms with Gasteiger partial charge in [0.25, 0.3) is 0 Å². The zero-order valence-corrected chi connectivity index (χ0v) is 19.0. The number of rotatable bonds is 6. The first-order valence-corrected chi connectivity index (χ1v) is 11.1. The summed E-state index contributed by atoms with van der Waals surface area (Å²) >= 11 is 0. The molecule has 2 aromatic heterocycles. The number of guanidine groups is 1. The molecule has 0 bridgehead atoms. The molecule has 1 aliphatic rings. The molecule has 1 fully saturated rings. The van der Waals surface area contributed by atoms with Gasteiger partial charge >= 0.3 is 6.09 Å². The number of aromatic nitrogens is 3. The molecule has 1 aromatic carbocycles. The number of ether oxygens (including phenoxy) is 2. The monoisotopic (exact) mass is 461 g/mol. The highest BCUT2D eigenvalue weighted by Crippen LogP contribution is 2.33. The standard InChI is InChI=1S/C24H27N7O3/c1-2-34-24(32)30-23(25)29-21-7-6-17(13-19(21)20-5-3-4-8-26-20)18-14-27-22(28-15-18)16-31-9-11-33-12-10-31/h3-8,13-15H,2,9-12,16H2,1H3,(H3,25,29,30,32). The van der Waals surface area contributed by atoms with Crippen LogP contribution in [0.15, 0.2) is 60.0 Å².